The van der Waals surface area contributed by atoms with Crippen molar-refractivity contribution in [2.24, 2.45) is 0 Å². The van der Waals surface area contributed by atoms with Gasteiger partial charge in [-0.15, -0.1) is 10.2 Å². The Balaban J connectivity index is 1.82. The Hall–Kier alpha value is -2.80. The van der Waals surface area contributed by atoms with E-state index in [4.69, 9.17) is 9.84 Å². The summed E-state index contributed by atoms with van der Waals surface area (Å²) in [5.74, 6) is 1.02. The van der Waals surface area contributed by atoms with Crippen LogP contribution in [0.15, 0.2) is 65.8 Å². The topological polar surface area (TPSA) is 77.2 Å². The summed E-state index contributed by atoms with van der Waals surface area (Å²) in [6.45, 7) is 0.269. The number of nitrogens with zero attached hydrogens (tertiary/aromatic N) is 3. The van der Waals surface area contributed by atoms with Gasteiger partial charge in [0, 0.05) is 11.4 Å². The highest BCUT2D eigenvalue weighted by atomic mass is 32.2. The normalized spacial score (nSPS) is 10.6. The highest BCUT2D eigenvalue weighted by Crippen LogP contribution is 2.23. The van der Waals surface area contributed by atoms with Crippen molar-refractivity contribution in [3.63, 3.8) is 0 Å². The number of carbonyl (C=O) groups is 1. The smallest absolute Gasteiger partial charge is 0.304 e. The average molecular weight is 355 g/mol. The molecule has 0 amide bonds. The third-order valence-electron chi connectivity index (χ3n) is 3.37. The van der Waals surface area contributed by atoms with E-state index in [1.165, 1.54) is 11.8 Å². The van der Waals surface area contributed by atoms with Crippen molar-refractivity contribution in [2.45, 2.75) is 18.2 Å². The van der Waals surface area contributed by atoms with Gasteiger partial charge in [0.2, 0.25) is 0 Å². The Morgan fingerprint density at radius 3 is 2.40 bits per heavy atom. The van der Waals surface area contributed by atoms with Gasteiger partial charge in [0.15, 0.2) is 11.0 Å². The van der Waals surface area contributed by atoms with Gasteiger partial charge in [0.1, 0.15) is 12.4 Å². The standard InChI is InChI=1S/C18H17N3O3S/c22-17(23)11-12-25-18-20-19-16(13-24-15-9-5-2-6-10-15)21(18)14-7-3-1-4-8-14/h1-10H,11-13H2,(H,22,23). The molecule has 3 rings (SSSR count). The first-order valence-electron chi connectivity index (χ1n) is 7.76. The van der Waals surface area contributed by atoms with Gasteiger partial charge in [-0.05, 0) is 24.3 Å². The fourth-order valence-electron chi connectivity index (χ4n) is 2.22. The Labute approximate surface area is 149 Å². The van der Waals surface area contributed by atoms with E-state index in [2.05, 4.69) is 10.2 Å². The van der Waals surface area contributed by atoms with Gasteiger partial charge in [0.05, 0.1) is 6.42 Å². The van der Waals surface area contributed by atoms with Crippen molar-refractivity contribution < 1.29 is 14.6 Å². The molecule has 0 atom stereocenters. The highest BCUT2D eigenvalue weighted by Gasteiger charge is 2.15. The second-order valence-electron chi connectivity index (χ2n) is 5.16. The van der Waals surface area contributed by atoms with Gasteiger partial charge in [-0.25, -0.2) is 0 Å². The lowest BCUT2D eigenvalue weighted by atomic mass is 10.3. The van der Waals surface area contributed by atoms with E-state index in [-0.39, 0.29) is 13.0 Å². The van der Waals surface area contributed by atoms with Crippen molar-refractivity contribution in [3.05, 3.63) is 66.5 Å². The molecular weight excluding hydrogens is 338 g/mol. The molecule has 25 heavy (non-hydrogen) atoms. The number of ether oxygens (including phenoxy) is 1. The number of rotatable bonds is 8. The van der Waals surface area contributed by atoms with Crippen LogP contribution in [0.25, 0.3) is 5.69 Å². The Kier molecular flexibility index (Phi) is 5.69. The molecule has 0 bridgehead atoms. The van der Waals surface area contributed by atoms with Gasteiger partial charge in [0.25, 0.3) is 0 Å². The third kappa shape index (κ3) is 4.60. The predicted molar refractivity (Wildman–Crippen MR) is 95.1 cm³/mol. The summed E-state index contributed by atoms with van der Waals surface area (Å²) < 4.78 is 7.68. The number of benzene rings is 2. The second-order valence-corrected chi connectivity index (χ2v) is 6.23. The summed E-state index contributed by atoms with van der Waals surface area (Å²) >= 11 is 1.37. The number of thioether (sulfide) groups is 1. The van der Waals surface area contributed by atoms with Crippen LogP contribution in [-0.4, -0.2) is 31.6 Å². The van der Waals surface area contributed by atoms with Crippen molar-refractivity contribution in [1.29, 1.82) is 0 Å². The molecule has 0 fully saturated rings. The molecule has 1 heterocycles. The molecule has 0 saturated carbocycles. The van der Waals surface area contributed by atoms with E-state index in [0.29, 0.717) is 16.7 Å². The van der Waals surface area contributed by atoms with Crippen LogP contribution in [0.2, 0.25) is 0 Å². The summed E-state index contributed by atoms with van der Waals surface area (Å²) in [6, 6.07) is 19.2. The van der Waals surface area contributed by atoms with E-state index in [0.717, 1.165) is 11.4 Å². The van der Waals surface area contributed by atoms with Crippen LogP contribution >= 0.6 is 11.8 Å². The van der Waals surface area contributed by atoms with Crippen molar-refractivity contribution in [1.82, 2.24) is 14.8 Å². The van der Waals surface area contributed by atoms with E-state index in [9.17, 15) is 4.79 Å². The fraction of sp³-hybridized carbons (Fsp3) is 0.167. The van der Waals surface area contributed by atoms with Crippen molar-refractivity contribution in [2.75, 3.05) is 5.75 Å². The first-order valence-corrected chi connectivity index (χ1v) is 8.75. The van der Waals surface area contributed by atoms with E-state index >= 15 is 0 Å². The fourth-order valence-corrected chi connectivity index (χ4v) is 3.12. The molecule has 128 valence electrons. The lowest BCUT2D eigenvalue weighted by Gasteiger charge is -2.11. The molecule has 0 saturated heterocycles. The summed E-state index contributed by atoms with van der Waals surface area (Å²) in [5.41, 5.74) is 0.914. The average Bonchev–Trinajstić information content (AvgIpc) is 3.04. The van der Waals surface area contributed by atoms with E-state index in [1.807, 2.05) is 65.2 Å². The maximum atomic E-state index is 10.7. The van der Waals surface area contributed by atoms with Crippen LogP contribution in [0, 0.1) is 0 Å². The summed E-state index contributed by atoms with van der Waals surface area (Å²) in [5, 5.41) is 17.9. The van der Waals surface area contributed by atoms with E-state index in [1.54, 1.807) is 0 Å². The van der Waals surface area contributed by atoms with Crippen LogP contribution in [0.1, 0.15) is 12.2 Å². The van der Waals surface area contributed by atoms with Crippen molar-refractivity contribution >= 4 is 17.7 Å². The summed E-state index contributed by atoms with van der Waals surface area (Å²) in [6.07, 6.45) is 0.0716. The first-order chi connectivity index (χ1) is 12.2. The number of carboxylic acids is 1. The predicted octanol–water partition coefficient (Wildman–Crippen LogP) is 3.41. The second kappa shape index (κ2) is 8.34. The molecule has 1 N–H and O–H groups in total. The quantitative estimate of drug-likeness (QED) is 0.624. The molecule has 2 aromatic carbocycles. The van der Waals surface area contributed by atoms with Crippen LogP contribution in [0.4, 0.5) is 0 Å². The minimum absolute atomic E-state index is 0.0716. The molecule has 3 aromatic rings. The maximum Gasteiger partial charge on any atom is 0.304 e. The monoisotopic (exact) mass is 355 g/mol. The van der Waals surface area contributed by atoms with Gasteiger partial charge >= 0.3 is 5.97 Å². The molecule has 0 aliphatic carbocycles. The van der Waals surface area contributed by atoms with Crippen molar-refractivity contribution in [3.8, 4) is 11.4 Å². The lowest BCUT2D eigenvalue weighted by Crippen LogP contribution is -2.07. The Morgan fingerprint density at radius 1 is 1.04 bits per heavy atom. The number of carboxylic acid groups (broad SMARTS) is 1. The third-order valence-corrected chi connectivity index (χ3v) is 4.30. The number of aromatic nitrogens is 3. The van der Waals surface area contributed by atoms with Gasteiger partial charge in [-0.2, -0.15) is 0 Å². The van der Waals surface area contributed by atoms with Crippen LogP contribution < -0.4 is 4.74 Å². The van der Waals surface area contributed by atoms with Crippen LogP contribution in [0.3, 0.4) is 0 Å². The molecule has 0 unspecified atom stereocenters. The minimum Gasteiger partial charge on any atom is -0.486 e. The molecule has 7 heteroatoms. The van der Waals surface area contributed by atoms with Crippen LogP contribution in [0.5, 0.6) is 5.75 Å². The lowest BCUT2D eigenvalue weighted by molar-refractivity contribution is -0.136. The van der Waals surface area contributed by atoms with Gasteiger partial charge < -0.3 is 9.84 Å². The Bertz CT molecular complexity index is 822. The van der Waals surface area contributed by atoms with Gasteiger partial charge in [-0.1, -0.05) is 48.2 Å². The molecular formula is C18H17N3O3S. The maximum absolute atomic E-state index is 10.7. The number of para-hydroxylation sites is 2. The zero-order valence-corrected chi connectivity index (χ0v) is 14.2. The summed E-state index contributed by atoms with van der Waals surface area (Å²) in [4.78, 5) is 10.7. The zero-order chi connectivity index (χ0) is 17.5. The highest BCUT2D eigenvalue weighted by molar-refractivity contribution is 7.99. The van der Waals surface area contributed by atoms with E-state index < -0.39 is 5.97 Å². The van der Waals surface area contributed by atoms with Gasteiger partial charge in [-0.3, -0.25) is 9.36 Å². The number of hydrogen-bond donors (Lipinski definition) is 1. The molecule has 0 aliphatic heterocycles. The Morgan fingerprint density at radius 2 is 1.72 bits per heavy atom. The number of aliphatic carboxylic acids is 1. The first kappa shape index (κ1) is 17.0. The zero-order valence-electron chi connectivity index (χ0n) is 13.4. The number of hydrogen-bond acceptors (Lipinski definition) is 5. The summed E-state index contributed by atoms with van der Waals surface area (Å²) in [7, 11) is 0. The molecule has 0 aliphatic rings. The molecule has 1 aromatic heterocycles. The molecule has 0 spiro atoms. The SMILES string of the molecule is O=C(O)CCSc1nnc(COc2ccccc2)n1-c1ccccc1. The molecule has 6 nitrogen and oxygen atoms in total. The largest absolute Gasteiger partial charge is 0.486 e. The molecule has 0 radical (unpaired) electrons. The minimum atomic E-state index is -0.828. The van der Waals surface area contributed by atoms with Crippen LogP contribution in [-0.2, 0) is 11.4 Å².